The normalized spacial score (nSPS) is 10.1. The van der Waals surface area contributed by atoms with Crippen LogP contribution in [0, 0.1) is 6.92 Å². The zero-order valence-electron chi connectivity index (χ0n) is 13.8. The molecule has 1 aromatic heterocycles. The third-order valence-corrected chi connectivity index (χ3v) is 3.70. The van der Waals surface area contributed by atoms with E-state index in [4.69, 9.17) is 4.74 Å². The third-order valence-electron chi connectivity index (χ3n) is 3.70. The SMILES string of the molecule is COc1cccc2c(Nc3cccc(C(C)=O)c3)cc(C)nc12.Cl. The fourth-order valence-corrected chi connectivity index (χ4v) is 2.59. The van der Waals surface area contributed by atoms with Crippen LogP contribution in [-0.2, 0) is 0 Å². The van der Waals surface area contributed by atoms with Crippen LogP contribution in [0.15, 0.2) is 48.5 Å². The van der Waals surface area contributed by atoms with Gasteiger partial charge in [0, 0.05) is 28.0 Å². The van der Waals surface area contributed by atoms with Gasteiger partial charge in [-0.05, 0) is 38.1 Å². The second-order valence-electron chi connectivity index (χ2n) is 5.43. The van der Waals surface area contributed by atoms with Crippen molar-refractivity contribution in [2.75, 3.05) is 12.4 Å². The van der Waals surface area contributed by atoms with Crippen LogP contribution in [0.1, 0.15) is 23.0 Å². The average Bonchev–Trinajstić information content (AvgIpc) is 2.54. The number of ketones is 1. The summed E-state index contributed by atoms with van der Waals surface area (Å²) < 4.78 is 5.40. The zero-order valence-corrected chi connectivity index (χ0v) is 14.6. The molecule has 24 heavy (non-hydrogen) atoms. The maximum absolute atomic E-state index is 11.5. The van der Waals surface area contributed by atoms with Crippen molar-refractivity contribution in [3.05, 3.63) is 59.8 Å². The molecule has 4 nitrogen and oxygen atoms in total. The van der Waals surface area contributed by atoms with Crippen LogP contribution in [0.25, 0.3) is 10.9 Å². The van der Waals surface area contributed by atoms with Gasteiger partial charge >= 0.3 is 0 Å². The number of benzene rings is 2. The number of halogens is 1. The number of hydrogen-bond donors (Lipinski definition) is 1. The second-order valence-corrected chi connectivity index (χ2v) is 5.43. The van der Waals surface area contributed by atoms with Gasteiger partial charge in [0.05, 0.1) is 7.11 Å². The molecular weight excluding hydrogens is 324 g/mol. The lowest BCUT2D eigenvalue weighted by Crippen LogP contribution is -1.98. The number of aryl methyl sites for hydroxylation is 1. The summed E-state index contributed by atoms with van der Waals surface area (Å²) in [7, 11) is 1.64. The molecule has 0 saturated heterocycles. The Bertz CT molecular complexity index is 894. The van der Waals surface area contributed by atoms with Gasteiger partial charge in [-0.1, -0.05) is 24.3 Å². The molecule has 0 aliphatic heterocycles. The fraction of sp³-hybridized carbons (Fsp3) is 0.158. The van der Waals surface area contributed by atoms with Gasteiger partial charge in [-0.3, -0.25) is 4.79 Å². The van der Waals surface area contributed by atoms with Crippen LogP contribution in [0.5, 0.6) is 5.75 Å². The topological polar surface area (TPSA) is 51.2 Å². The Morgan fingerprint density at radius 3 is 2.58 bits per heavy atom. The second kappa shape index (κ2) is 7.32. The minimum Gasteiger partial charge on any atom is -0.494 e. The first-order valence-electron chi connectivity index (χ1n) is 7.41. The Balaban J connectivity index is 0.00000208. The largest absolute Gasteiger partial charge is 0.494 e. The van der Waals surface area contributed by atoms with Gasteiger partial charge < -0.3 is 10.1 Å². The number of aromatic nitrogens is 1. The molecule has 1 heterocycles. The molecule has 0 aliphatic carbocycles. The Labute approximate surface area is 147 Å². The molecule has 0 fully saturated rings. The van der Waals surface area contributed by atoms with Gasteiger partial charge in [0.2, 0.25) is 0 Å². The van der Waals surface area contributed by atoms with E-state index in [2.05, 4.69) is 10.3 Å². The highest BCUT2D eigenvalue weighted by Crippen LogP contribution is 2.31. The fourth-order valence-electron chi connectivity index (χ4n) is 2.59. The molecule has 3 aromatic rings. The van der Waals surface area contributed by atoms with Crippen LogP contribution in [0.4, 0.5) is 11.4 Å². The summed E-state index contributed by atoms with van der Waals surface area (Å²) in [4.78, 5) is 16.1. The summed E-state index contributed by atoms with van der Waals surface area (Å²) in [5, 5.41) is 4.36. The van der Waals surface area contributed by atoms with Crippen molar-refractivity contribution in [1.82, 2.24) is 4.98 Å². The van der Waals surface area contributed by atoms with Gasteiger partial charge in [0.1, 0.15) is 11.3 Å². The number of fused-ring (bicyclic) bond motifs is 1. The number of hydrogen-bond acceptors (Lipinski definition) is 4. The van der Waals surface area contributed by atoms with Crippen LogP contribution < -0.4 is 10.1 Å². The highest BCUT2D eigenvalue weighted by atomic mass is 35.5. The molecule has 0 spiro atoms. The number of para-hydroxylation sites is 1. The first kappa shape index (κ1) is 17.8. The Morgan fingerprint density at radius 2 is 1.88 bits per heavy atom. The smallest absolute Gasteiger partial charge is 0.159 e. The number of methoxy groups -OCH3 is 1. The molecule has 0 aliphatic rings. The predicted octanol–water partition coefficient (Wildman–Crippen LogP) is 4.92. The Morgan fingerprint density at radius 1 is 1.12 bits per heavy atom. The molecule has 124 valence electrons. The minimum absolute atomic E-state index is 0. The quantitative estimate of drug-likeness (QED) is 0.684. The minimum atomic E-state index is 0. The van der Waals surface area contributed by atoms with Gasteiger partial charge in [-0.15, -0.1) is 12.4 Å². The lowest BCUT2D eigenvalue weighted by atomic mass is 10.1. The van der Waals surface area contributed by atoms with E-state index < -0.39 is 0 Å². The Kier molecular flexibility index (Phi) is 5.42. The maximum atomic E-state index is 11.5. The van der Waals surface area contributed by atoms with Crippen molar-refractivity contribution in [2.24, 2.45) is 0 Å². The standard InChI is InChI=1S/C19H18N2O2.ClH/c1-12-10-17(16-8-5-9-18(23-3)19(16)20-12)21-15-7-4-6-14(11-15)13(2)22;/h4-11H,1-3H3,(H,20,21);1H. The number of pyridine rings is 1. The monoisotopic (exact) mass is 342 g/mol. The number of nitrogens with one attached hydrogen (secondary N) is 1. The first-order chi connectivity index (χ1) is 11.1. The predicted molar refractivity (Wildman–Crippen MR) is 100 cm³/mol. The van der Waals surface area contributed by atoms with E-state index in [0.29, 0.717) is 5.56 Å². The molecule has 0 atom stereocenters. The van der Waals surface area contributed by atoms with Crippen LogP contribution in [0.2, 0.25) is 0 Å². The number of nitrogens with zero attached hydrogens (tertiary/aromatic N) is 1. The van der Waals surface area contributed by atoms with Crippen molar-refractivity contribution in [2.45, 2.75) is 13.8 Å². The van der Waals surface area contributed by atoms with E-state index in [1.165, 1.54) is 0 Å². The van der Waals surface area contributed by atoms with Crippen molar-refractivity contribution in [1.29, 1.82) is 0 Å². The molecular formula is C19H19ClN2O2. The number of rotatable bonds is 4. The summed E-state index contributed by atoms with van der Waals surface area (Å²) >= 11 is 0. The van der Waals surface area contributed by atoms with Crippen molar-refractivity contribution >= 4 is 40.5 Å². The van der Waals surface area contributed by atoms with E-state index in [-0.39, 0.29) is 18.2 Å². The van der Waals surface area contributed by atoms with Gasteiger partial charge in [0.25, 0.3) is 0 Å². The summed E-state index contributed by atoms with van der Waals surface area (Å²) in [6.07, 6.45) is 0. The highest BCUT2D eigenvalue weighted by Gasteiger charge is 2.09. The van der Waals surface area contributed by atoms with E-state index >= 15 is 0 Å². The van der Waals surface area contributed by atoms with Gasteiger partial charge in [-0.2, -0.15) is 0 Å². The molecule has 0 radical (unpaired) electrons. The number of carbonyl (C=O) groups excluding carboxylic acids is 1. The number of carbonyl (C=O) groups is 1. The lowest BCUT2D eigenvalue weighted by molar-refractivity contribution is 0.101. The van der Waals surface area contributed by atoms with Crippen molar-refractivity contribution in [3.8, 4) is 5.75 Å². The molecule has 0 bridgehead atoms. The van der Waals surface area contributed by atoms with Crippen molar-refractivity contribution < 1.29 is 9.53 Å². The van der Waals surface area contributed by atoms with Gasteiger partial charge in [-0.25, -0.2) is 4.98 Å². The summed E-state index contributed by atoms with van der Waals surface area (Å²) in [5.74, 6) is 0.790. The molecule has 0 unspecified atom stereocenters. The highest BCUT2D eigenvalue weighted by molar-refractivity contribution is 5.98. The van der Waals surface area contributed by atoms with Crippen molar-refractivity contribution in [3.63, 3.8) is 0 Å². The Hall–Kier alpha value is -2.59. The van der Waals surface area contributed by atoms with E-state index in [1.807, 2.05) is 55.5 Å². The molecule has 1 N–H and O–H groups in total. The molecule has 5 heteroatoms. The van der Waals surface area contributed by atoms with Crippen LogP contribution in [-0.4, -0.2) is 17.9 Å². The molecule has 0 amide bonds. The van der Waals surface area contributed by atoms with Crippen LogP contribution >= 0.6 is 12.4 Å². The summed E-state index contributed by atoms with van der Waals surface area (Å²) in [6, 6.07) is 15.3. The first-order valence-corrected chi connectivity index (χ1v) is 7.41. The molecule has 0 saturated carbocycles. The molecule has 2 aromatic carbocycles. The summed E-state index contributed by atoms with van der Waals surface area (Å²) in [6.45, 7) is 3.51. The van der Waals surface area contributed by atoms with Crippen LogP contribution in [0.3, 0.4) is 0 Å². The summed E-state index contributed by atoms with van der Waals surface area (Å²) in [5.41, 5.74) is 4.20. The third kappa shape index (κ3) is 3.49. The zero-order chi connectivity index (χ0) is 16.4. The van der Waals surface area contributed by atoms with E-state index in [1.54, 1.807) is 14.0 Å². The van der Waals surface area contributed by atoms with Gasteiger partial charge in [0.15, 0.2) is 5.78 Å². The number of Topliss-reactive ketones (excluding diaryl/α,β-unsaturated/α-hetero) is 1. The maximum Gasteiger partial charge on any atom is 0.159 e. The van der Waals surface area contributed by atoms with E-state index in [9.17, 15) is 4.79 Å². The number of ether oxygens (including phenoxy) is 1. The average molecular weight is 343 g/mol. The lowest BCUT2D eigenvalue weighted by Gasteiger charge is -2.13. The number of anilines is 2. The molecule has 3 rings (SSSR count). The van der Waals surface area contributed by atoms with E-state index in [0.717, 1.165) is 33.7 Å².